The molecule has 1 heteroatoms. The third-order valence-corrected chi connectivity index (χ3v) is 3.59. The molecule has 1 aliphatic rings. The standard InChI is InChI=1S/C21H23N/c1-4-6-10-18(3)20-13-15-22(16-14-20)17-19(5-2)21-11-8-7-9-12-21/h4-15,17H,2,16H2,1,3H3/b6-4-,18-10+,19-17+. The van der Waals surface area contributed by atoms with Gasteiger partial charge < -0.3 is 4.90 Å². The van der Waals surface area contributed by atoms with Crippen molar-refractivity contribution >= 4 is 5.57 Å². The molecule has 22 heavy (non-hydrogen) atoms. The fourth-order valence-corrected chi connectivity index (χ4v) is 2.29. The number of hydrogen-bond donors (Lipinski definition) is 0. The van der Waals surface area contributed by atoms with Gasteiger partial charge in [0.05, 0.1) is 0 Å². The summed E-state index contributed by atoms with van der Waals surface area (Å²) in [6.45, 7) is 8.97. The third-order valence-electron chi connectivity index (χ3n) is 3.59. The Morgan fingerprint density at radius 2 is 2.00 bits per heavy atom. The van der Waals surface area contributed by atoms with E-state index in [1.807, 2.05) is 37.3 Å². The van der Waals surface area contributed by atoms with Crippen molar-refractivity contribution in [1.29, 1.82) is 0 Å². The second-order valence-corrected chi connectivity index (χ2v) is 5.20. The highest BCUT2D eigenvalue weighted by Crippen LogP contribution is 2.20. The first kappa shape index (κ1) is 15.8. The molecule has 1 heterocycles. The maximum atomic E-state index is 3.93. The van der Waals surface area contributed by atoms with Crippen molar-refractivity contribution in [2.75, 3.05) is 6.54 Å². The van der Waals surface area contributed by atoms with E-state index in [1.54, 1.807) is 0 Å². The molecule has 0 amide bonds. The molecule has 0 saturated heterocycles. The van der Waals surface area contributed by atoms with E-state index in [0.29, 0.717) is 0 Å². The lowest BCUT2D eigenvalue weighted by Crippen LogP contribution is -2.14. The minimum atomic E-state index is 0.872. The van der Waals surface area contributed by atoms with Gasteiger partial charge in [0.1, 0.15) is 0 Å². The number of benzene rings is 1. The summed E-state index contributed by atoms with van der Waals surface area (Å²) >= 11 is 0. The molecule has 1 aromatic carbocycles. The molecular formula is C21H23N. The Bertz CT molecular complexity index is 654. The summed E-state index contributed by atoms with van der Waals surface area (Å²) in [6, 6.07) is 10.3. The van der Waals surface area contributed by atoms with Crippen LogP contribution in [0.4, 0.5) is 0 Å². The van der Waals surface area contributed by atoms with Crippen LogP contribution in [0.1, 0.15) is 19.4 Å². The summed E-state index contributed by atoms with van der Waals surface area (Å²) in [4.78, 5) is 2.18. The fraction of sp³-hybridized carbons (Fsp3) is 0.143. The molecule has 0 radical (unpaired) electrons. The minimum absolute atomic E-state index is 0.872. The van der Waals surface area contributed by atoms with Gasteiger partial charge in [-0.1, -0.05) is 67.3 Å². The molecule has 0 aliphatic carbocycles. The van der Waals surface area contributed by atoms with Gasteiger partial charge in [0.2, 0.25) is 0 Å². The highest BCUT2D eigenvalue weighted by atomic mass is 15.1. The monoisotopic (exact) mass is 289 g/mol. The van der Waals surface area contributed by atoms with E-state index in [1.165, 1.54) is 16.7 Å². The number of rotatable bonds is 5. The van der Waals surface area contributed by atoms with Crippen molar-refractivity contribution in [2.24, 2.45) is 0 Å². The lowest BCUT2D eigenvalue weighted by atomic mass is 10.0. The first-order valence-electron chi connectivity index (χ1n) is 7.58. The Balaban J connectivity index is 2.11. The molecule has 1 aromatic rings. The van der Waals surface area contributed by atoms with Crippen LogP contribution < -0.4 is 0 Å². The molecule has 0 N–H and O–H groups in total. The molecule has 0 unspecified atom stereocenters. The van der Waals surface area contributed by atoms with E-state index in [4.69, 9.17) is 0 Å². The Morgan fingerprint density at radius 1 is 1.23 bits per heavy atom. The van der Waals surface area contributed by atoms with Crippen LogP contribution in [-0.4, -0.2) is 11.4 Å². The van der Waals surface area contributed by atoms with Crippen molar-refractivity contribution in [1.82, 2.24) is 4.90 Å². The van der Waals surface area contributed by atoms with Gasteiger partial charge in [0.15, 0.2) is 0 Å². The molecule has 2 rings (SSSR count). The molecular weight excluding hydrogens is 266 g/mol. The molecule has 0 aromatic heterocycles. The van der Waals surface area contributed by atoms with Crippen LogP contribution in [0.15, 0.2) is 96.9 Å². The van der Waals surface area contributed by atoms with Crippen LogP contribution in [0.3, 0.4) is 0 Å². The van der Waals surface area contributed by atoms with Gasteiger partial charge in [-0.2, -0.15) is 0 Å². The SMILES string of the molecule is C=C/C(=C\N1C=CC(/C(C)=C/C=C\C)=CC1)c1ccccc1. The van der Waals surface area contributed by atoms with Crippen LogP contribution in [-0.2, 0) is 0 Å². The zero-order chi connectivity index (χ0) is 15.8. The molecule has 0 fully saturated rings. The molecule has 0 bridgehead atoms. The molecule has 0 saturated carbocycles. The second-order valence-electron chi connectivity index (χ2n) is 5.20. The normalized spacial score (nSPS) is 16.1. The summed E-state index contributed by atoms with van der Waals surface area (Å²) in [6.07, 6.45) is 16.8. The maximum absolute atomic E-state index is 3.93. The van der Waals surface area contributed by atoms with E-state index in [-0.39, 0.29) is 0 Å². The highest BCUT2D eigenvalue weighted by Gasteiger charge is 2.05. The topological polar surface area (TPSA) is 3.24 Å². The predicted molar refractivity (Wildman–Crippen MR) is 97.1 cm³/mol. The van der Waals surface area contributed by atoms with Crippen molar-refractivity contribution in [3.8, 4) is 0 Å². The summed E-state index contributed by atoms with van der Waals surface area (Å²) in [7, 11) is 0. The van der Waals surface area contributed by atoms with E-state index >= 15 is 0 Å². The average molecular weight is 289 g/mol. The van der Waals surface area contributed by atoms with Gasteiger partial charge in [0, 0.05) is 18.9 Å². The largest absolute Gasteiger partial charge is 0.350 e. The van der Waals surface area contributed by atoms with E-state index in [9.17, 15) is 0 Å². The summed E-state index contributed by atoms with van der Waals surface area (Å²) < 4.78 is 0. The lowest BCUT2D eigenvalue weighted by Gasteiger charge is -2.20. The molecule has 0 spiro atoms. The number of allylic oxidation sites excluding steroid dienone is 8. The first-order chi connectivity index (χ1) is 10.7. The summed E-state index contributed by atoms with van der Waals surface area (Å²) in [5.41, 5.74) is 4.88. The van der Waals surface area contributed by atoms with Crippen LogP contribution in [0, 0.1) is 0 Å². The summed E-state index contributed by atoms with van der Waals surface area (Å²) in [5, 5.41) is 0. The lowest BCUT2D eigenvalue weighted by molar-refractivity contribution is 0.559. The second kappa shape index (κ2) is 8.04. The number of nitrogens with zero attached hydrogens (tertiary/aromatic N) is 1. The van der Waals surface area contributed by atoms with Crippen molar-refractivity contribution in [3.05, 3.63) is 102 Å². The Hall–Kier alpha value is -2.54. The van der Waals surface area contributed by atoms with Crippen molar-refractivity contribution in [3.63, 3.8) is 0 Å². The summed E-state index contributed by atoms with van der Waals surface area (Å²) in [5.74, 6) is 0. The van der Waals surface area contributed by atoms with Crippen LogP contribution in [0.25, 0.3) is 5.57 Å². The van der Waals surface area contributed by atoms with Gasteiger partial charge in [-0.3, -0.25) is 0 Å². The van der Waals surface area contributed by atoms with Gasteiger partial charge in [-0.05, 0) is 42.2 Å². The smallest absolute Gasteiger partial charge is 0.0409 e. The molecule has 1 nitrogen and oxygen atoms in total. The molecule has 0 atom stereocenters. The van der Waals surface area contributed by atoms with Crippen molar-refractivity contribution in [2.45, 2.75) is 13.8 Å². The average Bonchev–Trinajstić information content (AvgIpc) is 2.58. The van der Waals surface area contributed by atoms with E-state index in [2.05, 4.69) is 67.2 Å². The zero-order valence-electron chi connectivity index (χ0n) is 13.4. The van der Waals surface area contributed by atoms with E-state index in [0.717, 1.165) is 12.1 Å². The maximum Gasteiger partial charge on any atom is 0.0409 e. The molecule has 1 aliphatic heterocycles. The quantitative estimate of drug-likeness (QED) is 0.648. The van der Waals surface area contributed by atoms with Crippen molar-refractivity contribution < 1.29 is 0 Å². The van der Waals surface area contributed by atoms with Crippen LogP contribution in [0.5, 0.6) is 0 Å². The highest BCUT2D eigenvalue weighted by molar-refractivity contribution is 5.73. The predicted octanol–water partition coefficient (Wildman–Crippen LogP) is 5.49. The Kier molecular flexibility index (Phi) is 5.79. The van der Waals surface area contributed by atoms with Crippen LogP contribution in [0.2, 0.25) is 0 Å². The van der Waals surface area contributed by atoms with Gasteiger partial charge in [-0.25, -0.2) is 0 Å². The first-order valence-corrected chi connectivity index (χ1v) is 7.58. The van der Waals surface area contributed by atoms with Gasteiger partial charge in [0.25, 0.3) is 0 Å². The third kappa shape index (κ3) is 4.23. The van der Waals surface area contributed by atoms with E-state index < -0.39 is 0 Å². The molecule has 112 valence electrons. The number of hydrogen-bond acceptors (Lipinski definition) is 1. The fourth-order valence-electron chi connectivity index (χ4n) is 2.29. The zero-order valence-corrected chi connectivity index (χ0v) is 13.4. The van der Waals surface area contributed by atoms with Gasteiger partial charge in [-0.15, -0.1) is 0 Å². The van der Waals surface area contributed by atoms with Crippen LogP contribution >= 0.6 is 0 Å². The Morgan fingerprint density at radius 3 is 2.59 bits per heavy atom. The van der Waals surface area contributed by atoms with Gasteiger partial charge >= 0.3 is 0 Å². The minimum Gasteiger partial charge on any atom is -0.350 e. The Labute approximate surface area is 134 Å².